The molecule has 0 amide bonds. The second-order valence-corrected chi connectivity index (χ2v) is 8.91. The molecule has 2 nitrogen and oxygen atoms in total. The molecule has 5 heteroatoms. The molecule has 1 aliphatic heterocycles. The van der Waals surface area contributed by atoms with Gasteiger partial charge < -0.3 is 9.47 Å². The van der Waals surface area contributed by atoms with Gasteiger partial charge in [0.2, 0.25) is 0 Å². The highest BCUT2D eigenvalue weighted by molar-refractivity contribution is 5.71. The molecule has 0 radical (unpaired) electrons. The third-order valence-corrected chi connectivity index (χ3v) is 6.42. The second-order valence-electron chi connectivity index (χ2n) is 8.91. The predicted octanol–water partition coefficient (Wildman–Crippen LogP) is 8.20. The van der Waals surface area contributed by atoms with Crippen molar-refractivity contribution in [2.24, 2.45) is 0 Å². The average Bonchev–Trinajstić information content (AvgIpc) is 2.88. The molecule has 0 spiro atoms. The molecule has 0 aromatic heterocycles. The first kappa shape index (κ1) is 25.2. The lowest BCUT2D eigenvalue weighted by atomic mass is 9.94. The van der Waals surface area contributed by atoms with Crippen LogP contribution in [0.3, 0.4) is 0 Å². The van der Waals surface area contributed by atoms with Gasteiger partial charge in [-0.3, -0.25) is 0 Å². The Labute approximate surface area is 205 Å². The van der Waals surface area contributed by atoms with Crippen LogP contribution in [0.2, 0.25) is 0 Å². The van der Waals surface area contributed by atoms with Crippen molar-refractivity contribution in [3.8, 4) is 22.3 Å². The van der Waals surface area contributed by atoms with E-state index < -0.39 is 11.6 Å². The van der Waals surface area contributed by atoms with Crippen LogP contribution in [0.4, 0.5) is 13.2 Å². The third-order valence-electron chi connectivity index (χ3n) is 6.42. The minimum atomic E-state index is -0.847. The fraction of sp³-hybridized carbons (Fsp3) is 0.333. The van der Waals surface area contributed by atoms with Gasteiger partial charge in [-0.2, -0.15) is 0 Å². The third kappa shape index (κ3) is 5.85. The van der Waals surface area contributed by atoms with Crippen molar-refractivity contribution < 1.29 is 22.6 Å². The van der Waals surface area contributed by atoms with Gasteiger partial charge in [-0.15, -0.1) is 0 Å². The highest BCUT2D eigenvalue weighted by Crippen LogP contribution is 2.32. The van der Waals surface area contributed by atoms with E-state index in [-0.39, 0.29) is 23.6 Å². The van der Waals surface area contributed by atoms with Crippen molar-refractivity contribution in [3.63, 3.8) is 0 Å². The van der Waals surface area contributed by atoms with E-state index >= 15 is 4.39 Å². The number of allylic oxidation sites excluding steroid dienone is 2. The van der Waals surface area contributed by atoms with E-state index in [1.165, 1.54) is 6.07 Å². The lowest BCUT2D eigenvalue weighted by Crippen LogP contribution is -2.30. The fourth-order valence-electron chi connectivity index (χ4n) is 4.42. The minimum Gasteiger partial charge on any atom is -0.352 e. The van der Waals surface area contributed by atoms with Crippen LogP contribution in [-0.4, -0.2) is 19.5 Å². The maximum absolute atomic E-state index is 15.0. The standard InChI is InChI=1S/C30H31F3O2/c1-3-5-6-8-28-34-18-24(19-35-28)23-14-15-25(27(31)17-23)20-9-11-21(12-10-20)26-16-13-22(7-4-2)29(32)30(26)33/h3,5,9-17,24,28H,4,6-8,18-19H2,1-2H3. The largest absolute Gasteiger partial charge is 0.352 e. The van der Waals surface area contributed by atoms with Crippen LogP contribution < -0.4 is 0 Å². The quantitative estimate of drug-likeness (QED) is 0.303. The first-order valence-corrected chi connectivity index (χ1v) is 12.2. The summed E-state index contributed by atoms with van der Waals surface area (Å²) in [5.74, 6) is -2.01. The molecule has 4 rings (SSSR count). The number of hydrogen-bond acceptors (Lipinski definition) is 2. The Kier molecular flexibility index (Phi) is 8.42. The van der Waals surface area contributed by atoms with Gasteiger partial charge in [0.25, 0.3) is 0 Å². The Balaban J connectivity index is 1.46. The molecule has 0 saturated carbocycles. The number of benzene rings is 3. The topological polar surface area (TPSA) is 18.5 Å². The Morgan fingerprint density at radius 1 is 0.857 bits per heavy atom. The summed E-state index contributed by atoms with van der Waals surface area (Å²) in [7, 11) is 0. The van der Waals surface area contributed by atoms with Crippen molar-refractivity contribution in [1.82, 2.24) is 0 Å². The van der Waals surface area contributed by atoms with Gasteiger partial charge in [0, 0.05) is 23.5 Å². The molecule has 1 aliphatic rings. The van der Waals surface area contributed by atoms with Gasteiger partial charge in [-0.25, -0.2) is 13.2 Å². The molecule has 0 bridgehead atoms. The molecule has 1 fully saturated rings. The monoisotopic (exact) mass is 480 g/mol. The van der Waals surface area contributed by atoms with Crippen LogP contribution >= 0.6 is 0 Å². The maximum Gasteiger partial charge on any atom is 0.166 e. The van der Waals surface area contributed by atoms with Crippen molar-refractivity contribution in [3.05, 3.63) is 95.3 Å². The highest BCUT2D eigenvalue weighted by atomic mass is 19.2. The molecule has 3 aromatic rings. The fourth-order valence-corrected chi connectivity index (χ4v) is 4.42. The van der Waals surface area contributed by atoms with E-state index in [0.717, 1.165) is 24.8 Å². The van der Waals surface area contributed by atoms with Crippen LogP contribution in [0.25, 0.3) is 22.3 Å². The van der Waals surface area contributed by atoms with E-state index in [1.54, 1.807) is 42.5 Å². The van der Waals surface area contributed by atoms with Gasteiger partial charge in [-0.05, 0) is 48.1 Å². The molecule has 35 heavy (non-hydrogen) atoms. The summed E-state index contributed by atoms with van der Waals surface area (Å²) < 4.78 is 55.6. The zero-order chi connectivity index (χ0) is 24.8. The Morgan fingerprint density at radius 2 is 1.51 bits per heavy atom. The van der Waals surface area contributed by atoms with E-state index in [2.05, 4.69) is 6.08 Å². The first-order valence-electron chi connectivity index (χ1n) is 12.2. The number of rotatable bonds is 8. The molecule has 1 saturated heterocycles. The molecule has 184 valence electrons. The molecular formula is C30H31F3O2. The van der Waals surface area contributed by atoms with E-state index in [4.69, 9.17) is 9.47 Å². The van der Waals surface area contributed by atoms with Gasteiger partial charge in [0.15, 0.2) is 17.9 Å². The molecule has 1 heterocycles. The van der Waals surface area contributed by atoms with Gasteiger partial charge >= 0.3 is 0 Å². The zero-order valence-corrected chi connectivity index (χ0v) is 20.2. The number of ether oxygens (including phenoxy) is 2. The van der Waals surface area contributed by atoms with Crippen LogP contribution in [0.15, 0.2) is 66.7 Å². The molecule has 3 aromatic carbocycles. The Morgan fingerprint density at radius 3 is 2.14 bits per heavy atom. The average molecular weight is 481 g/mol. The lowest BCUT2D eigenvalue weighted by Gasteiger charge is -2.29. The van der Waals surface area contributed by atoms with E-state index in [0.29, 0.717) is 41.9 Å². The normalized spacial score (nSPS) is 18.3. The SMILES string of the molecule is CC=CCCC1OCC(c2ccc(-c3ccc(-c4ccc(CCC)c(F)c4F)cc3)c(F)c2)CO1. The number of hydrogen-bond donors (Lipinski definition) is 0. The van der Waals surface area contributed by atoms with Crippen molar-refractivity contribution in [2.45, 2.75) is 51.7 Å². The summed E-state index contributed by atoms with van der Waals surface area (Å²) in [5, 5.41) is 0. The molecule has 0 aliphatic carbocycles. The summed E-state index contributed by atoms with van der Waals surface area (Å²) in [6.45, 7) is 4.90. The molecular weight excluding hydrogens is 449 g/mol. The van der Waals surface area contributed by atoms with Gasteiger partial charge in [0.1, 0.15) is 5.82 Å². The smallest absolute Gasteiger partial charge is 0.166 e. The minimum absolute atomic E-state index is 0.0209. The van der Waals surface area contributed by atoms with Crippen LogP contribution in [0, 0.1) is 17.5 Å². The van der Waals surface area contributed by atoms with Crippen molar-refractivity contribution in [1.29, 1.82) is 0 Å². The number of halogens is 3. The van der Waals surface area contributed by atoms with Crippen LogP contribution in [0.5, 0.6) is 0 Å². The summed E-state index contributed by atoms with van der Waals surface area (Å²) in [4.78, 5) is 0. The van der Waals surface area contributed by atoms with E-state index in [9.17, 15) is 8.78 Å². The number of aryl methyl sites for hydroxylation is 1. The zero-order valence-electron chi connectivity index (χ0n) is 20.2. The summed E-state index contributed by atoms with van der Waals surface area (Å²) in [5.41, 5.74) is 3.08. The lowest BCUT2D eigenvalue weighted by molar-refractivity contribution is -0.189. The second kappa shape index (κ2) is 11.7. The van der Waals surface area contributed by atoms with Crippen molar-refractivity contribution in [2.75, 3.05) is 13.2 Å². The van der Waals surface area contributed by atoms with E-state index in [1.807, 2.05) is 26.0 Å². The molecule has 0 unspecified atom stereocenters. The maximum atomic E-state index is 15.0. The first-order chi connectivity index (χ1) is 17.0. The molecule has 0 N–H and O–H groups in total. The van der Waals surface area contributed by atoms with Crippen molar-refractivity contribution >= 4 is 0 Å². The van der Waals surface area contributed by atoms with Gasteiger partial charge in [-0.1, -0.05) is 74.0 Å². The molecule has 0 atom stereocenters. The predicted molar refractivity (Wildman–Crippen MR) is 134 cm³/mol. The summed E-state index contributed by atoms with van der Waals surface area (Å²) >= 11 is 0. The van der Waals surface area contributed by atoms with Gasteiger partial charge in [0.05, 0.1) is 13.2 Å². The van der Waals surface area contributed by atoms with Crippen LogP contribution in [0.1, 0.15) is 50.2 Å². The summed E-state index contributed by atoms with van der Waals surface area (Å²) in [6.07, 6.45) is 6.81. The highest BCUT2D eigenvalue weighted by Gasteiger charge is 2.24. The Hall–Kier alpha value is -2.89. The summed E-state index contributed by atoms with van der Waals surface area (Å²) in [6, 6.07) is 15.2. The Bertz CT molecular complexity index is 1160. The van der Waals surface area contributed by atoms with Crippen LogP contribution in [-0.2, 0) is 15.9 Å².